The van der Waals surface area contributed by atoms with Crippen LogP contribution in [0.1, 0.15) is 5.69 Å². The number of fused-ring (bicyclic) bond motifs is 2. The lowest BCUT2D eigenvalue weighted by Gasteiger charge is -2.13. The SMILES string of the molecule is COc1cc2nc(Nc3nc(OC(=O)C(F)(F)F)c4cc(OCCCl)ccc4n3)nc(C)c2cc1OC. The number of hydrogen-bond acceptors (Lipinski definition) is 10. The number of alkyl halides is 4. The Morgan fingerprint density at radius 3 is 2.30 bits per heavy atom. The van der Waals surface area contributed by atoms with Crippen molar-refractivity contribution in [1.29, 1.82) is 0 Å². The fourth-order valence-corrected chi connectivity index (χ4v) is 3.45. The van der Waals surface area contributed by atoms with Gasteiger partial charge in [-0.05, 0) is 31.2 Å². The highest BCUT2D eigenvalue weighted by Gasteiger charge is 2.42. The molecule has 10 nitrogen and oxygen atoms in total. The van der Waals surface area contributed by atoms with Gasteiger partial charge in [-0.2, -0.15) is 18.2 Å². The molecule has 0 amide bonds. The second-order valence-corrected chi connectivity index (χ2v) is 7.82. The van der Waals surface area contributed by atoms with Crippen molar-refractivity contribution in [3.05, 3.63) is 36.0 Å². The van der Waals surface area contributed by atoms with Gasteiger partial charge < -0.3 is 18.9 Å². The second kappa shape index (κ2) is 10.5. The summed E-state index contributed by atoms with van der Waals surface area (Å²) < 4.78 is 59.4. The summed E-state index contributed by atoms with van der Waals surface area (Å²) in [6, 6.07) is 7.73. The predicted octanol–water partition coefficient (Wildman–Crippen LogP) is 4.73. The number of hydrogen-bond donors (Lipinski definition) is 1. The van der Waals surface area contributed by atoms with Crippen molar-refractivity contribution in [2.75, 3.05) is 32.0 Å². The van der Waals surface area contributed by atoms with Crippen LogP contribution in [0.25, 0.3) is 21.8 Å². The largest absolute Gasteiger partial charge is 0.493 e. The van der Waals surface area contributed by atoms with Crippen LogP contribution in [-0.4, -0.2) is 58.8 Å². The number of rotatable bonds is 8. The summed E-state index contributed by atoms with van der Waals surface area (Å²) in [6.45, 7) is 1.89. The Bertz CT molecular complexity index is 1490. The first-order chi connectivity index (χ1) is 17.6. The van der Waals surface area contributed by atoms with Gasteiger partial charge in [0.05, 0.1) is 42.2 Å². The van der Waals surface area contributed by atoms with Gasteiger partial charge in [-0.1, -0.05) is 0 Å². The number of nitrogens with zero attached hydrogens (tertiary/aromatic N) is 4. The number of aryl methyl sites for hydroxylation is 1. The first kappa shape index (κ1) is 25.9. The third-order valence-corrected chi connectivity index (χ3v) is 5.17. The van der Waals surface area contributed by atoms with Gasteiger partial charge in [0.15, 0.2) is 11.5 Å². The van der Waals surface area contributed by atoms with Crippen molar-refractivity contribution in [2.24, 2.45) is 0 Å². The average Bonchev–Trinajstić information content (AvgIpc) is 2.86. The molecule has 2 aromatic heterocycles. The van der Waals surface area contributed by atoms with Crippen molar-refractivity contribution in [3.63, 3.8) is 0 Å². The maximum Gasteiger partial charge on any atom is 0.491 e. The molecule has 0 atom stereocenters. The van der Waals surface area contributed by atoms with E-state index < -0.39 is 18.0 Å². The number of benzene rings is 2. The molecule has 37 heavy (non-hydrogen) atoms. The molecule has 0 fully saturated rings. The smallest absolute Gasteiger partial charge is 0.491 e. The highest BCUT2D eigenvalue weighted by molar-refractivity contribution is 6.18. The van der Waals surface area contributed by atoms with Crippen LogP contribution in [0.5, 0.6) is 23.1 Å². The Balaban J connectivity index is 1.77. The zero-order valence-electron chi connectivity index (χ0n) is 19.6. The first-order valence-corrected chi connectivity index (χ1v) is 11.1. The average molecular weight is 538 g/mol. The molecule has 1 N–H and O–H groups in total. The second-order valence-electron chi connectivity index (χ2n) is 7.44. The number of anilines is 2. The molecule has 4 aromatic rings. The molecule has 0 unspecified atom stereocenters. The lowest BCUT2D eigenvalue weighted by molar-refractivity contribution is -0.189. The molecule has 0 aliphatic heterocycles. The number of aromatic nitrogens is 4. The lowest BCUT2D eigenvalue weighted by Crippen LogP contribution is -2.28. The molecule has 0 aliphatic rings. The van der Waals surface area contributed by atoms with E-state index in [0.717, 1.165) is 0 Å². The van der Waals surface area contributed by atoms with Crippen molar-refractivity contribution >= 4 is 51.3 Å². The van der Waals surface area contributed by atoms with E-state index in [1.165, 1.54) is 32.4 Å². The molecule has 2 heterocycles. The van der Waals surface area contributed by atoms with Gasteiger partial charge in [-0.25, -0.2) is 19.7 Å². The predicted molar refractivity (Wildman–Crippen MR) is 128 cm³/mol. The van der Waals surface area contributed by atoms with Crippen LogP contribution >= 0.6 is 11.6 Å². The third-order valence-electron chi connectivity index (χ3n) is 5.01. The molecule has 14 heteroatoms. The standard InChI is InChI=1S/C23H19ClF3N5O5/c1-11-13-9-17(34-2)18(35-3)10-16(13)30-21(28-11)32-22-29-15-5-4-12(36-7-6-24)8-14(15)19(31-22)37-20(33)23(25,26)27/h4-5,8-10H,6-7H2,1-3H3,(H,28,29,30,31,32). The van der Waals surface area contributed by atoms with E-state index in [4.69, 9.17) is 25.8 Å². The van der Waals surface area contributed by atoms with E-state index >= 15 is 0 Å². The minimum Gasteiger partial charge on any atom is -0.493 e. The summed E-state index contributed by atoms with van der Waals surface area (Å²) in [5.41, 5.74) is 1.24. The molecule has 0 aliphatic carbocycles. The van der Waals surface area contributed by atoms with Crippen molar-refractivity contribution in [2.45, 2.75) is 13.1 Å². The molecule has 0 radical (unpaired) electrons. The van der Waals surface area contributed by atoms with Crippen LogP contribution in [0.15, 0.2) is 30.3 Å². The number of carbonyl (C=O) groups is 1. The summed E-state index contributed by atoms with van der Waals surface area (Å²) in [7, 11) is 2.98. The van der Waals surface area contributed by atoms with Gasteiger partial charge >= 0.3 is 12.1 Å². The molecule has 0 bridgehead atoms. The van der Waals surface area contributed by atoms with Gasteiger partial charge in [-0.15, -0.1) is 11.6 Å². The molecule has 4 rings (SSSR count). The highest BCUT2D eigenvalue weighted by atomic mass is 35.5. The van der Waals surface area contributed by atoms with Gasteiger partial charge in [0.25, 0.3) is 0 Å². The van der Waals surface area contributed by atoms with E-state index in [1.807, 2.05) is 0 Å². The fraction of sp³-hybridized carbons (Fsp3) is 0.261. The summed E-state index contributed by atoms with van der Waals surface area (Å²) >= 11 is 5.62. The monoisotopic (exact) mass is 537 g/mol. The van der Waals surface area contributed by atoms with Gasteiger partial charge in [0.1, 0.15) is 12.4 Å². The summed E-state index contributed by atoms with van der Waals surface area (Å²) in [4.78, 5) is 28.6. The van der Waals surface area contributed by atoms with Gasteiger partial charge in [-0.3, -0.25) is 5.32 Å². The van der Waals surface area contributed by atoms with Gasteiger partial charge in [0, 0.05) is 11.5 Å². The third kappa shape index (κ3) is 5.66. The van der Waals surface area contributed by atoms with Crippen molar-refractivity contribution in [1.82, 2.24) is 19.9 Å². The Hall–Kier alpha value is -4.13. The van der Waals surface area contributed by atoms with E-state index in [-0.39, 0.29) is 41.0 Å². The molecule has 0 saturated heterocycles. The maximum absolute atomic E-state index is 12.9. The number of methoxy groups -OCH3 is 2. The van der Waals surface area contributed by atoms with E-state index in [1.54, 1.807) is 19.1 Å². The van der Waals surface area contributed by atoms with Crippen LogP contribution in [-0.2, 0) is 4.79 Å². The molecular formula is C23H19ClF3N5O5. The topological polar surface area (TPSA) is 118 Å². The number of halogens is 4. The summed E-state index contributed by atoms with van der Waals surface area (Å²) in [5.74, 6) is -1.82. The number of ether oxygens (including phenoxy) is 4. The molecule has 2 aromatic carbocycles. The Morgan fingerprint density at radius 2 is 1.62 bits per heavy atom. The Labute approximate surface area is 212 Å². The fourth-order valence-electron chi connectivity index (χ4n) is 3.37. The minimum absolute atomic E-state index is 0.0164. The van der Waals surface area contributed by atoms with E-state index in [2.05, 4.69) is 30.0 Å². The van der Waals surface area contributed by atoms with Crippen LogP contribution in [0.2, 0.25) is 0 Å². The maximum atomic E-state index is 12.9. The van der Waals surface area contributed by atoms with Crippen molar-refractivity contribution < 1.29 is 36.9 Å². The van der Waals surface area contributed by atoms with Crippen LogP contribution in [0.4, 0.5) is 25.1 Å². The minimum atomic E-state index is -5.24. The Morgan fingerprint density at radius 1 is 0.946 bits per heavy atom. The summed E-state index contributed by atoms with van der Waals surface area (Å²) in [6.07, 6.45) is -5.24. The summed E-state index contributed by atoms with van der Waals surface area (Å²) in [5, 5.41) is 3.46. The quantitative estimate of drug-likeness (QED) is 0.250. The zero-order valence-corrected chi connectivity index (χ0v) is 20.4. The van der Waals surface area contributed by atoms with Gasteiger partial charge in [0.2, 0.25) is 17.8 Å². The number of esters is 1. The van der Waals surface area contributed by atoms with Crippen LogP contribution in [0, 0.1) is 6.92 Å². The molecule has 194 valence electrons. The molecule has 0 saturated carbocycles. The first-order valence-electron chi connectivity index (χ1n) is 10.6. The van der Waals surface area contributed by atoms with E-state index in [0.29, 0.717) is 28.1 Å². The Kier molecular flexibility index (Phi) is 7.34. The van der Waals surface area contributed by atoms with E-state index in [9.17, 15) is 18.0 Å². The number of nitrogens with one attached hydrogen (secondary N) is 1. The lowest BCUT2D eigenvalue weighted by atomic mass is 10.1. The normalized spacial score (nSPS) is 11.4. The van der Waals surface area contributed by atoms with Crippen LogP contribution in [0.3, 0.4) is 0 Å². The molecular weight excluding hydrogens is 519 g/mol. The van der Waals surface area contributed by atoms with Crippen molar-refractivity contribution in [3.8, 4) is 23.1 Å². The number of carbonyl (C=O) groups excluding carboxylic acids is 1. The van der Waals surface area contributed by atoms with Crippen LogP contribution < -0.4 is 24.3 Å². The molecule has 0 spiro atoms. The zero-order chi connectivity index (χ0) is 26.7. The highest BCUT2D eigenvalue weighted by Crippen LogP contribution is 2.34.